The summed E-state index contributed by atoms with van der Waals surface area (Å²) < 4.78 is 12.3. The first-order chi connectivity index (χ1) is 14.2. The van der Waals surface area contributed by atoms with Crippen molar-refractivity contribution in [2.24, 2.45) is 0 Å². The van der Waals surface area contributed by atoms with Gasteiger partial charge in [-0.2, -0.15) is 0 Å². The molecule has 6 nitrogen and oxygen atoms in total. The van der Waals surface area contributed by atoms with Crippen LogP contribution >= 0.6 is 15.9 Å². The molecule has 0 unspecified atom stereocenters. The summed E-state index contributed by atoms with van der Waals surface area (Å²) in [5, 5.41) is 3.28. The third kappa shape index (κ3) is 4.21. The van der Waals surface area contributed by atoms with Gasteiger partial charge in [-0.3, -0.25) is 4.90 Å². The van der Waals surface area contributed by atoms with Crippen molar-refractivity contribution in [2.75, 3.05) is 25.1 Å². The second-order valence-corrected chi connectivity index (χ2v) is 8.16. The Hall–Kier alpha value is -2.64. The second-order valence-electron chi connectivity index (χ2n) is 7.24. The number of ether oxygens (including phenoxy) is 2. The maximum absolute atomic E-state index is 5.65. The van der Waals surface area contributed by atoms with Crippen molar-refractivity contribution in [1.82, 2.24) is 14.9 Å². The minimum absolute atomic E-state index is 0.572. The number of hydrogen-bond donors (Lipinski definition) is 1. The van der Waals surface area contributed by atoms with Crippen LogP contribution in [0.4, 0.5) is 11.6 Å². The van der Waals surface area contributed by atoms with E-state index in [4.69, 9.17) is 14.5 Å². The van der Waals surface area contributed by atoms with E-state index in [0.29, 0.717) is 19.2 Å². The lowest BCUT2D eigenvalue weighted by atomic mass is 10.1. The number of aromatic nitrogens is 2. The van der Waals surface area contributed by atoms with E-state index < -0.39 is 0 Å². The second kappa shape index (κ2) is 8.00. The monoisotopic (exact) mass is 452 g/mol. The van der Waals surface area contributed by atoms with E-state index in [1.165, 1.54) is 11.1 Å². The lowest BCUT2D eigenvalue weighted by Gasteiger charge is -2.28. The Bertz CT molecular complexity index is 1040. The van der Waals surface area contributed by atoms with Crippen molar-refractivity contribution in [3.05, 3.63) is 70.0 Å². The molecule has 0 bridgehead atoms. The van der Waals surface area contributed by atoms with Crippen molar-refractivity contribution in [2.45, 2.75) is 19.5 Å². The molecule has 0 radical (unpaired) electrons. The van der Waals surface area contributed by atoms with Crippen LogP contribution in [0.5, 0.6) is 11.5 Å². The molecular weight excluding hydrogens is 432 g/mol. The van der Waals surface area contributed by atoms with Crippen molar-refractivity contribution in [3.63, 3.8) is 0 Å². The summed E-state index contributed by atoms with van der Waals surface area (Å²) in [6.07, 6.45) is 2.86. The predicted octanol–water partition coefficient (Wildman–Crippen LogP) is 4.31. The van der Waals surface area contributed by atoms with Gasteiger partial charge in [0.15, 0.2) is 11.5 Å². The van der Waals surface area contributed by atoms with E-state index in [1.807, 2.05) is 24.4 Å². The molecule has 0 saturated carbocycles. The van der Waals surface area contributed by atoms with Crippen LogP contribution in [0.3, 0.4) is 0 Å². The van der Waals surface area contributed by atoms with Gasteiger partial charge < -0.3 is 14.8 Å². The molecule has 3 aromatic rings. The lowest BCUT2D eigenvalue weighted by molar-refractivity contribution is 0.171. The summed E-state index contributed by atoms with van der Waals surface area (Å²) in [7, 11) is 0. The Labute approximate surface area is 178 Å². The summed E-state index contributed by atoms with van der Waals surface area (Å²) in [6.45, 7) is 3.94. The number of fused-ring (bicyclic) bond motifs is 2. The minimum Gasteiger partial charge on any atom is -0.486 e. The van der Waals surface area contributed by atoms with Crippen LogP contribution < -0.4 is 14.8 Å². The zero-order chi connectivity index (χ0) is 19.6. The molecule has 0 spiro atoms. The maximum atomic E-state index is 5.65. The third-order valence-electron chi connectivity index (χ3n) is 5.11. The summed E-state index contributed by atoms with van der Waals surface area (Å²) >= 11 is 3.55. The first kappa shape index (κ1) is 18.4. The highest BCUT2D eigenvalue weighted by Gasteiger charge is 2.19. The van der Waals surface area contributed by atoms with Gasteiger partial charge in [-0.05, 0) is 29.8 Å². The van der Waals surface area contributed by atoms with E-state index in [1.54, 1.807) is 0 Å². The van der Waals surface area contributed by atoms with Gasteiger partial charge in [0.05, 0.1) is 5.69 Å². The molecule has 5 rings (SSSR count). The smallest absolute Gasteiger partial charge is 0.227 e. The Balaban J connectivity index is 1.27. The molecule has 29 heavy (non-hydrogen) atoms. The van der Waals surface area contributed by atoms with Gasteiger partial charge in [-0.15, -0.1) is 0 Å². The molecular formula is C22H21BrN4O2. The lowest BCUT2D eigenvalue weighted by Crippen LogP contribution is -2.31. The number of rotatable bonds is 4. The molecule has 0 aliphatic carbocycles. The molecule has 0 fully saturated rings. The SMILES string of the molecule is Brc1cccc(CN2CCc3nc(Nc4ccc5c(c4)OCCO5)ncc3C2)c1. The zero-order valence-corrected chi connectivity index (χ0v) is 17.5. The molecule has 3 heterocycles. The fraction of sp³-hybridized carbons (Fsp3) is 0.273. The number of anilines is 2. The average molecular weight is 453 g/mol. The number of hydrogen-bond acceptors (Lipinski definition) is 6. The van der Waals surface area contributed by atoms with E-state index in [0.717, 1.165) is 53.4 Å². The molecule has 1 aromatic heterocycles. The van der Waals surface area contributed by atoms with Crippen molar-refractivity contribution in [3.8, 4) is 11.5 Å². The standard InChI is InChI=1S/C22H21BrN4O2/c23-17-3-1-2-15(10-17)13-27-7-6-19-16(14-27)12-24-22(26-19)25-18-4-5-20-21(11-18)29-9-8-28-20/h1-5,10-12H,6-9,13-14H2,(H,24,25,26). The summed E-state index contributed by atoms with van der Waals surface area (Å²) in [4.78, 5) is 11.7. The van der Waals surface area contributed by atoms with E-state index >= 15 is 0 Å². The Morgan fingerprint density at radius 2 is 1.97 bits per heavy atom. The van der Waals surface area contributed by atoms with Crippen molar-refractivity contribution >= 4 is 27.6 Å². The Morgan fingerprint density at radius 3 is 2.86 bits per heavy atom. The van der Waals surface area contributed by atoms with Crippen LogP contribution in [0, 0.1) is 0 Å². The van der Waals surface area contributed by atoms with Crippen LogP contribution in [-0.4, -0.2) is 34.6 Å². The van der Waals surface area contributed by atoms with Crippen LogP contribution in [-0.2, 0) is 19.5 Å². The van der Waals surface area contributed by atoms with E-state index in [2.05, 4.69) is 55.4 Å². The molecule has 0 saturated heterocycles. The van der Waals surface area contributed by atoms with Gasteiger partial charge in [0.25, 0.3) is 0 Å². The summed E-state index contributed by atoms with van der Waals surface area (Å²) in [6, 6.07) is 14.3. The van der Waals surface area contributed by atoms with Crippen molar-refractivity contribution in [1.29, 1.82) is 0 Å². The number of benzene rings is 2. The third-order valence-corrected chi connectivity index (χ3v) is 5.60. The molecule has 0 atom stereocenters. The fourth-order valence-electron chi connectivity index (χ4n) is 3.71. The molecule has 148 valence electrons. The average Bonchev–Trinajstić information content (AvgIpc) is 2.74. The van der Waals surface area contributed by atoms with Crippen LogP contribution in [0.25, 0.3) is 0 Å². The number of halogens is 1. The summed E-state index contributed by atoms with van der Waals surface area (Å²) in [5.74, 6) is 2.14. The quantitative estimate of drug-likeness (QED) is 0.636. The largest absolute Gasteiger partial charge is 0.486 e. The highest BCUT2D eigenvalue weighted by atomic mass is 79.9. The molecule has 7 heteroatoms. The van der Waals surface area contributed by atoms with Crippen LogP contribution in [0.15, 0.2) is 53.1 Å². The van der Waals surface area contributed by atoms with Gasteiger partial charge in [-0.25, -0.2) is 9.97 Å². The fourth-order valence-corrected chi connectivity index (χ4v) is 4.16. The van der Waals surface area contributed by atoms with Crippen LogP contribution in [0.1, 0.15) is 16.8 Å². The van der Waals surface area contributed by atoms with E-state index in [9.17, 15) is 0 Å². The highest BCUT2D eigenvalue weighted by Crippen LogP contribution is 2.33. The first-order valence-corrected chi connectivity index (χ1v) is 10.5. The predicted molar refractivity (Wildman–Crippen MR) is 115 cm³/mol. The topological polar surface area (TPSA) is 59.5 Å². The normalized spacial score (nSPS) is 15.6. The number of nitrogens with zero attached hydrogens (tertiary/aromatic N) is 3. The zero-order valence-electron chi connectivity index (χ0n) is 15.9. The van der Waals surface area contributed by atoms with Gasteiger partial charge in [-0.1, -0.05) is 28.1 Å². The minimum atomic E-state index is 0.572. The van der Waals surface area contributed by atoms with Crippen molar-refractivity contribution < 1.29 is 9.47 Å². The molecule has 2 aliphatic rings. The van der Waals surface area contributed by atoms with E-state index in [-0.39, 0.29) is 0 Å². The van der Waals surface area contributed by atoms with Gasteiger partial charge in [0, 0.05) is 54.0 Å². The van der Waals surface area contributed by atoms with Gasteiger partial charge >= 0.3 is 0 Å². The van der Waals surface area contributed by atoms with Gasteiger partial charge in [0.2, 0.25) is 5.95 Å². The summed E-state index contributed by atoms with van der Waals surface area (Å²) in [5.41, 5.74) is 4.51. The number of nitrogens with one attached hydrogen (secondary N) is 1. The Morgan fingerprint density at radius 1 is 1.07 bits per heavy atom. The molecule has 1 N–H and O–H groups in total. The molecule has 0 amide bonds. The molecule has 2 aromatic carbocycles. The van der Waals surface area contributed by atoms with Gasteiger partial charge in [0.1, 0.15) is 13.2 Å². The first-order valence-electron chi connectivity index (χ1n) is 9.71. The Kier molecular flexibility index (Phi) is 5.08. The van der Waals surface area contributed by atoms with Crippen LogP contribution in [0.2, 0.25) is 0 Å². The molecule has 2 aliphatic heterocycles. The highest BCUT2D eigenvalue weighted by molar-refractivity contribution is 9.10. The maximum Gasteiger partial charge on any atom is 0.227 e.